The Hall–Kier alpha value is -2.09. The number of aromatic carboxylic acids is 1. The summed E-state index contributed by atoms with van der Waals surface area (Å²) in [5.74, 6) is -0.879. The zero-order chi connectivity index (χ0) is 10.7. The van der Waals surface area contributed by atoms with Gasteiger partial charge in [0.05, 0.1) is 5.56 Å². The van der Waals surface area contributed by atoms with E-state index in [1.165, 1.54) is 11.1 Å². The van der Waals surface area contributed by atoms with E-state index >= 15 is 0 Å². The van der Waals surface area contributed by atoms with Gasteiger partial charge in [-0.15, -0.1) is 0 Å². The SMILES string of the molecule is O=C(O)c1ccccc1.c1cc2cc-2c1. The highest BCUT2D eigenvalue weighted by molar-refractivity contribution is 5.87. The molecule has 0 heterocycles. The van der Waals surface area contributed by atoms with Crippen molar-refractivity contribution in [3.05, 3.63) is 60.2 Å². The first-order valence-electron chi connectivity index (χ1n) is 4.66. The maximum absolute atomic E-state index is 10.2. The molecule has 0 saturated carbocycles. The van der Waals surface area contributed by atoms with E-state index in [2.05, 4.69) is 24.3 Å². The Balaban J connectivity index is 0.000000121. The van der Waals surface area contributed by atoms with E-state index in [0.29, 0.717) is 5.56 Å². The van der Waals surface area contributed by atoms with Crippen molar-refractivity contribution in [3.8, 4) is 11.1 Å². The van der Waals surface area contributed by atoms with Crippen LogP contribution in [0.2, 0.25) is 0 Å². The van der Waals surface area contributed by atoms with Gasteiger partial charge in [-0.05, 0) is 29.3 Å². The predicted octanol–water partition coefficient (Wildman–Crippen LogP) is 3.05. The van der Waals surface area contributed by atoms with E-state index in [4.69, 9.17) is 5.11 Å². The van der Waals surface area contributed by atoms with Crippen molar-refractivity contribution in [1.29, 1.82) is 0 Å². The predicted molar refractivity (Wildman–Crippen MR) is 58.8 cm³/mol. The lowest BCUT2D eigenvalue weighted by atomic mass is 10.2. The minimum Gasteiger partial charge on any atom is -0.478 e. The zero-order valence-electron chi connectivity index (χ0n) is 8.05. The third kappa shape index (κ3) is 2.44. The molecule has 74 valence electrons. The number of benzene rings is 2. The van der Waals surface area contributed by atoms with E-state index in [1.807, 2.05) is 0 Å². The van der Waals surface area contributed by atoms with E-state index in [9.17, 15) is 4.79 Å². The van der Waals surface area contributed by atoms with Crippen LogP contribution in [0.5, 0.6) is 0 Å². The van der Waals surface area contributed by atoms with Crippen LogP contribution in [0.4, 0.5) is 0 Å². The first kappa shape index (κ1) is 9.46. The molecule has 0 amide bonds. The molecule has 3 rings (SSSR count). The molecule has 2 aliphatic carbocycles. The summed E-state index contributed by atoms with van der Waals surface area (Å²) in [6.07, 6.45) is 0. The maximum Gasteiger partial charge on any atom is 0.335 e. The number of hydrogen-bond donors (Lipinski definition) is 1. The normalized spacial score (nSPS) is 9.87. The van der Waals surface area contributed by atoms with Crippen molar-refractivity contribution in [2.24, 2.45) is 0 Å². The summed E-state index contributed by atoms with van der Waals surface area (Å²) in [5.41, 5.74) is 3.18. The van der Waals surface area contributed by atoms with E-state index in [0.717, 1.165) is 0 Å². The molecule has 0 spiro atoms. The molecular formula is C13H10O2. The highest BCUT2D eigenvalue weighted by atomic mass is 16.4. The smallest absolute Gasteiger partial charge is 0.335 e. The number of carboxylic acid groups (broad SMARTS) is 1. The highest BCUT2D eigenvalue weighted by Crippen LogP contribution is 2.32. The first-order chi connectivity index (χ1) is 7.27. The Kier molecular flexibility index (Phi) is 2.50. The van der Waals surface area contributed by atoms with Crippen LogP contribution in [0.3, 0.4) is 0 Å². The number of carbonyl (C=O) groups is 1. The van der Waals surface area contributed by atoms with Gasteiger partial charge in [-0.3, -0.25) is 0 Å². The van der Waals surface area contributed by atoms with Gasteiger partial charge >= 0.3 is 5.97 Å². The fraction of sp³-hybridized carbons (Fsp3) is 0. The molecule has 1 N–H and O–H groups in total. The molecule has 1 aromatic rings. The van der Waals surface area contributed by atoms with E-state index in [1.54, 1.807) is 30.3 Å². The number of fused-ring (bicyclic) bond motifs is 1. The van der Waals surface area contributed by atoms with Crippen LogP contribution in [0.25, 0.3) is 11.1 Å². The summed E-state index contributed by atoms with van der Waals surface area (Å²) in [6, 6.07) is 16.8. The molecule has 2 aliphatic rings. The average molecular weight is 198 g/mol. The first-order valence-corrected chi connectivity index (χ1v) is 4.66. The van der Waals surface area contributed by atoms with Gasteiger partial charge in [0.1, 0.15) is 0 Å². The second-order valence-electron chi connectivity index (χ2n) is 3.25. The molecule has 0 unspecified atom stereocenters. The van der Waals surface area contributed by atoms with Crippen LogP contribution < -0.4 is 0 Å². The van der Waals surface area contributed by atoms with Crippen molar-refractivity contribution < 1.29 is 9.90 Å². The summed E-state index contributed by atoms with van der Waals surface area (Å²) in [7, 11) is 0. The Labute approximate surface area is 87.8 Å². The molecule has 0 fully saturated rings. The maximum atomic E-state index is 10.2. The molecule has 0 aromatic heterocycles. The summed E-state index contributed by atoms with van der Waals surface area (Å²) in [6.45, 7) is 0. The number of carboxylic acids is 1. The van der Waals surface area contributed by atoms with Crippen LogP contribution >= 0.6 is 0 Å². The second kappa shape index (κ2) is 3.96. The lowest BCUT2D eigenvalue weighted by Crippen LogP contribution is -1.93. The standard InChI is InChI=1S/C7H6O2.C6H4/c8-7(9)6-4-2-1-3-5-6;1-2-5-4-6(5)3-1/h1-5H,(H,8,9);1-4H. The van der Waals surface area contributed by atoms with Crippen LogP contribution in [0.1, 0.15) is 10.4 Å². The summed E-state index contributed by atoms with van der Waals surface area (Å²) in [4.78, 5) is 10.2. The molecule has 0 saturated heterocycles. The van der Waals surface area contributed by atoms with Gasteiger partial charge in [0, 0.05) is 0 Å². The molecule has 0 radical (unpaired) electrons. The van der Waals surface area contributed by atoms with E-state index in [-0.39, 0.29) is 0 Å². The van der Waals surface area contributed by atoms with Crippen molar-refractivity contribution >= 4 is 5.97 Å². The Morgan fingerprint density at radius 1 is 0.867 bits per heavy atom. The van der Waals surface area contributed by atoms with Crippen LogP contribution in [-0.2, 0) is 0 Å². The van der Waals surface area contributed by atoms with Crippen molar-refractivity contribution in [3.63, 3.8) is 0 Å². The van der Waals surface area contributed by atoms with Gasteiger partial charge in [0.25, 0.3) is 0 Å². The molecule has 2 heteroatoms. The topological polar surface area (TPSA) is 37.3 Å². The Morgan fingerprint density at radius 2 is 1.47 bits per heavy atom. The molecule has 0 bridgehead atoms. The summed E-state index contributed by atoms with van der Waals surface area (Å²) >= 11 is 0. The van der Waals surface area contributed by atoms with Gasteiger partial charge in [-0.2, -0.15) is 0 Å². The third-order valence-electron chi connectivity index (χ3n) is 2.13. The van der Waals surface area contributed by atoms with Crippen molar-refractivity contribution in [2.75, 3.05) is 0 Å². The second-order valence-corrected chi connectivity index (χ2v) is 3.25. The van der Waals surface area contributed by atoms with Crippen molar-refractivity contribution in [1.82, 2.24) is 0 Å². The molecule has 0 aliphatic heterocycles. The minimum atomic E-state index is -0.879. The van der Waals surface area contributed by atoms with Gasteiger partial charge < -0.3 is 5.11 Å². The average Bonchev–Trinajstić information content (AvgIpc) is 2.88. The lowest BCUT2D eigenvalue weighted by molar-refractivity contribution is 0.0697. The summed E-state index contributed by atoms with van der Waals surface area (Å²) in [5, 5.41) is 8.38. The number of hydrogen-bond acceptors (Lipinski definition) is 1. The summed E-state index contributed by atoms with van der Waals surface area (Å²) < 4.78 is 0. The highest BCUT2D eigenvalue weighted by Gasteiger charge is 2.06. The molecule has 1 aromatic carbocycles. The van der Waals surface area contributed by atoms with Crippen LogP contribution in [0.15, 0.2) is 54.6 Å². The Morgan fingerprint density at radius 3 is 1.73 bits per heavy atom. The van der Waals surface area contributed by atoms with Crippen LogP contribution in [0, 0.1) is 0 Å². The van der Waals surface area contributed by atoms with E-state index < -0.39 is 5.97 Å². The van der Waals surface area contributed by atoms with Gasteiger partial charge in [0.2, 0.25) is 0 Å². The van der Waals surface area contributed by atoms with Crippen molar-refractivity contribution in [2.45, 2.75) is 0 Å². The van der Waals surface area contributed by atoms with Crippen LogP contribution in [-0.4, -0.2) is 11.1 Å². The number of rotatable bonds is 1. The van der Waals surface area contributed by atoms with Gasteiger partial charge in [0.15, 0.2) is 0 Å². The zero-order valence-corrected chi connectivity index (χ0v) is 8.05. The third-order valence-corrected chi connectivity index (χ3v) is 2.13. The molecule has 0 atom stereocenters. The lowest BCUT2D eigenvalue weighted by Gasteiger charge is -1.88. The molecule has 2 nitrogen and oxygen atoms in total. The minimum absolute atomic E-state index is 0.331. The fourth-order valence-corrected chi connectivity index (χ4v) is 1.26. The molecule has 15 heavy (non-hydrogen) atoms. The molecular weight excluding hydrogens is 188 g/mol. The largest absolute Gasteiger partial charge is 0.478 e. The fourth-order valence-electron chi connectivity index (χ4n) is 1.26. The monoisotopic (exact) mass is 198 g/mol. The Bertz CT molecular complexity index is 458. The van der Waals surface area contributed by atoms with Gasteiger partial charge in [-0.25, -0.2) is 4.79 Å². The quantitative estimate of drug-likeness (QED) is 0.652. The van der Waals surface area contributed by atoms with Gasteiger partial charge in [-0.1, -0.05) is 36.4 Å².